The van der Waals surface area contributed by atoms with Crippen molar-refractivity contribution in [2.75, 3.05) is 5.32 Å². The predicted molar refractivity (Wildman–Crippen MR) is 68.4 cm³/mol. The Hall–Kier alpha value is -1.39. The third-order valence-electron chi connectivity index (χ3n) is 1.93. The summed E-state index contributed by atoms with van der Waals surface area (Å²) in [4.78, 5) is 16.2. The lowest BCUT2D eigenvalue weighted by Crippen LogP contribution is -2.28. The second-order valence-electron chi connectivity index (χ2n) is 4.91. The van der Waals surface area contributed by atoms with E-state index < -0.39 is 0 Å². The van der Waals surface area contributed by atoms with Gasteiger partial charge in [-0.15, -0.1) is 0 Å². The summed E-state index contributed by atoms with van der Waals surface area (Å²) in [5.74, 6) is -0.0630. The average molecular weight is 236 g/mol. The van der Waals surface area contributed by atoms with E-state index in [1.165, 1.54) is 6.92 Å². The van der Waals surface area contributed by atoms with E-state index in [0.717, 1.165) is 11.3 Å². The lowest BCUT2D eigenvalue weighted by atomic mass is 10.2. The molecule has 1 aromatic carbocycles. The van der Waals surface area contributed by atoms with Crippen LogP contribution in [0.3, 0.4) is 0 Å². The molecule has 2 N–H and O–H groups in total. The van der Waals surface area contributed by atoms with Crippen LogP contribution in [-0.2, 0) is 16.2 Å². The van der Waals surface area contributed by atoms with Gasteiger partial charge in [0.1, 0.15) is 0 Å². The average Bonchev–Trinajstić information content (AvgIpc) is 2.18. The fourth-order valence-electron chi connectivity index (χ4n) is 1.25. The Bertz CT molecular complexity index is 366. The van der Waals surface area contributed by atoms with Gasteiger partial charge >= 0.3 is 0 Å². The van der Waals surface area contributed by atoms with Gasteiger partial charge in [-0.25, -0.2) is 0 Å². The fourth-order valence-corrected chi connectivity index (χ4v) is 1.25. The van der Waals surface area contributed by atoms with Crippen molar-refractivity contribution in [3.05, 3.63) is 29.8 Å². The van der Waals surface area contributed by atoms with Crippen molar-refractivity contribution in [1.82, 2.24) is 5.48 Å². The van der Waals surface area contributed by atoms with E-state index >= 15 is 0 Å². The summed E-state index contributed by atoms with van der Waals surface area (Å²) in [6.45, 7) is 8.09. The summed E-state index contributed by atoms with van der Waals surface area (Å²) >= 11 is 0. The van der Waals surface area contributed by atoms with Gasteiger partial charge in [-0.05, 0) is 38.5 Å². The van der Waals surface area contributed by atoms with Gasteiger partial charge < -0.3 is 5.32 Å². The van der Waals surface area contributed by atoms with Crippen LogP contribution in [0.15, 0.2) is 24.3 Å². The summed E-state index contributed by atoms with van der Waals surface area (Å²) in [7, 11) is 0. The van der Waals surface area contributed by atoms with E-state index in [1.54, 1.807) is 0 Å². The minimum atomic E-state index is -0.198. The Morgan fingerprint density at radius 3 is 2.29 bits per heavy atom. The van der Waals surface area contributed by atoms with Crippen molar-refractivity contribution < 1.29 is 9.63 Å². The highest BCUT2D eigenvalue weighted by molar-refractivity contribution is 5.88. The summed E-state index contributed by atoms with van der Waals surface area (Å²) in [6, 6.07) is 7.64. The molecule has 0 bridgehead atoms. The Morgan fingerprint density at radius 1 is 1.24 bits per heavy atom. The number of benzene rings is 1. The number of hydroxylamine groups is 1. The van der Waals surface area contributed by atoms with E-state index in [1.807, 2.05) is 45.0 Å². The minimum Gasteiger partial charge on any atom is -0.326 e. The van der Waals surface area contributed by atoms with Gasteiger partial charge in [0, 0.05) is 19.2 Å². The molecule has 0 spiro atoms. The summed E-state index contributed by atoms with van der Waals surface area (Å²) in [6.07, 6.45) is 0. The van der Waals surface area contributed by atoms with Gasteiger partial charge in [-0.3, -0.25) is 9.63 Å². The van der Waals surface area contributed by atoms with Crippen LogP contribution in [0.1, 0.15) is 33.3 Å². The first kappa shape index (κ1) is 13.7. The Morgan fingerprint density at radius 2 is 1.82 bits per heavy atom. The lowest BCUT2D eigenvalue weighted by Gasteiger charge is -2.19. The second kappa shape index (κ2) is 5.80. The predicted octanol–water partition coefficient (Wildman–Crippen LogP) is 2.46. The minimum absolute atomic E-state index is 0.0630. The third kappa shape index (κ3) is 6.04. The molecule has 4 heteroatoms. The Labute approximate surface area is 102 Å². The highest BCUT2D eigenvalue weighted by Crippen LogP contribution is 2.10. The normalized spacial score (nSPS) is 11.3. The molecular weight excluding hydrogens is 216 g/mol. The zero-order valence-corrected chi connectivity index (χ0v) is 10.8. The summed E-state index contributed by atoms with van der Waals surface area (Å²) < 4.78 is 0. The van der Waals surface area contributed by atoms with Crippen LogP contribution in [0.2, 0.25) is 0 Å². The zero-order valence-electron chi connectivity index (χ0n) is 10.8. The number of carbonyl (C=O) groups excluding carboxylic acids is 1. The first-order chi connectivity index (χ1) is 7.87. The standard InChI is InChI=1S/C13H20N2O2/c1-10(16)15-12-7-5-11(6-8-12)9-14-17-13(2,3)4/h5-8,14H,9H2,1-4H3,(H,15,16). The van der Waals surface area contributed by atoms with Crippen LogP contribution in [0.25, 0.3) is 0 Å². The molecule has 0 atom stereocenters. The maximum atomic E-state index is 10.8. The number of hydrogen-bond donors (Lipinski definition) is 2. The number of rotatable bonds is 4. The molecule has 0 heterocycles. The molecule has 1 aromatic rings. The summed E-state index contributed by atoms with van der Waals surface area (Å²) in [5.41, 5.74) is 4.62. The molecule has 1 rings (SSSR count). The van der Waals surface area contributed by atoms with Crippen LogP contribution in [0.4, 0.5) is 5.69 Å². The zero-order chi connectivity index (χ0) is 12.9. The van der Waals surface area contributed by atoms with Crippen LogP contribution < -0.4 is 10.8 Å². The molecule has 0 fully saturated rings. The van der Waals surface area contributed by atoms with Crippen LogP contribution in [0.5, 0.6) is 0 Å². The van der Waals surface area contributed by atoms with Crippen LogP contribution in [0, 0.1) is 0 Å². The molecule has 17 heavy (non-hydrogen) atoms. The molecular formula is C13H20N2O2. The molecule has 94 valence electrons. The topological polar surface area (TPSA) is 50.4 Å². The lowest BCUT2D eigenvalue weighted by molar-refractivity contribution is -0.114. The number of carbonyl (C=O) groups is 1. The van der Waals surface area contributed by atoms with Crippen molar-refractivity contribution in [2.24, 2.45) is 0 Å². The highest BCUT2D eigenvalue weighted by atomic mass is 16.7. The second-order valence-corrected chi connectivity index (χ2v) is 4.91. The van der Waals surface area contributed by atoms with E-state index in [0.29, 0.717) is 6.54 Å². The maximum absolute atomic E-state index is 10.8. The first-order valence-electron chi connectivity index (χ1n) is 5.64. The van der Waals surface area contributed by atoms with E-state index in [9.17, 15) is 4.79 Å². The molecule has 0 saturated heterocycles. The van der Waals surface area contributed by atoms with Gasteiger partial charge in [0.15, 0.2) is 0 Å². The Kier molecular flexibility index (Phi) is 4.66. The van der Waals surface area contributed by atoms with Crippen molar-refractivity contribution in [3.8, 4) is 0 Å². The molecule has 0 aromatic heterocycles. The van der Waals surface area contributed by atoms with Gasteiger partial charge in [0.2, 0.25) is 5.91 Å². The molecule has 0 radical (unpaired) electrons. The van der Waals surface area contributed by atoms with Crippen LogP contribution in [-0.4, -0.2) is 11.5 Å². The molecule has 0 aliphatic heterocycles. The van der Waals surface area contributed by atoms with Gasteiger partial charge in [0.25, 0.3) is 0 Å². The summed E-state index contributed by atoms with van der Waals surface area (Å²) in [5, 5.41) is 2.72. The molecule has 0 saturated carbocycles. The van der Waals surface area contributed by atoms with Gasteiger partial charge in [0.05, 0.1) is 5.60 Å². The van der Waals surface area contributed by atoms with Crippen LogP contribution >= 0.6 is 0 Å². The monoisotopic (exact) mass is 236 g/mol. The molecule has 0 aliphatic carbocycles. The third-order valence-corrected chi connectivity index (χ3v) is 1.93. The smallest absolute Gasteiger partial charge is 0.221 e. The number of amides is 1. The largest absolute Gasteiger partial charge is 0.326 e. The quantitative estimate of drug-likeness (QED) is 0.790. The SMILES string of the molecule is CC(=O)Nc1ccc(CNOC(C)(C)C)cc1. The highest BCUT2D eigenvalue weighted by Gasteiger charge is 2.09. The van der Waals surface area contributed by atoms with E-state index in [-0.39, 0.29) is 11.5 Å². The molecule has 4 nitrogen and oxygen atoms in total. The first-order valence-corrected chi connectivity index (χ1v) is 5.64. The van der Waals surface area contributed by atoms with Gasteiger partial charge in [-0.2, -0.15) is 5.48 Å². The van der Waals surface area contributed by atoms with Crippen molar-refractivity contribution in [3.63, 3.8) is 0 Å². The van der Waals surface area contributed by atoms with E-state index in [2.05, 4.69) is 10.8 Å². The maximum Gasteiger partial charge on any atom is 0.221 e. The number of hydrogen-bond acceptors (Lipinski definition) is 3. The van der Waals surface area contributed by atoms with Crippen molar-refractivity contribution in [2.45, 2.75) is 39.8 Å². The van der Waals surface area contributed by atoms with Gasteiger partial charge in [-0.1, -0.05) is 12.1 Å². The van der Waals surface area contributed by atoms with Crippen molar-refractivity contribution >= 4 is 11.6 Å². The molecule has 0 aliphatic rings. The fraction of sp³-hybridized carbons (Fsp3) is 0.462. The molecule has 0 unspecified atom stereocenters. The number of anilines is 1. The van der Waals surface area contributed by atoms with Crippen molar-refractivity contribution in [1.29, 1.82) is 0 Å². The molecule has 1 amide bonds. The number of nitrogens with one attached hydrogen (secondary N) is 2. The Balaban J connectivity index is 2.43. The van der Waals surface area contributed by atoms with E-state index in [4.69, 9.17) is 4.84 Å².